The van der Waals surface area contributed by atoms with Gasteiger partial charge in [-0.3, -0.25) is 5.10 Å². The first-order chi connectivity index (χ1) is 8.37. The topological polar surface area (TPSA) is 66.7 Å². The molecule has 2 aromatic rings. The van der Waals surface area contributed by atoms with Crippen molar-refractivity contribution >= 4 is 33.9 Å². The number of rotatable bonds is 3. The zero-order valence-corrected chi connectivity index (χ0v) is 11.7. The number of anilines is 2. The van der Waals surface area contributed by atoms with Crippen molar-refractivity contribution in [1.29, 1.82) is 0 Å². The summed E-state index contributed by atoms with van der Waals surface area (Å²) in [4.78, 5) is 0. The number of nitrogens with one attached hydrogen (secondary N) is 2. The van der Waals surface area contributed by atoms with Gasteiger partial charge in [-0.25, -0.2) is 0 Å². The van der Waals surface area contributed by atoms with Crippen LogP contribution in [0.3, 0.4) is 0 Å². The molecule has 5 heteroatoms. The van der Waals surface area contributed by atoms with Crippen molar-refractivity contribution in [1.82, 2.24) is 10.2 Å². The molecule has 98 valence electrons. The van der Waals surface area contributed by atoms with Crippen LogP contribution in [0.1, 0.15) is 27.2 Å². The highest BCUT2D eigenvalue weighted by atomic mass is 35.5. The Balaban J connectivity index is 2.22. The molecule has 0 amide bonds. The van der Waals surface area contributed by atoms with Crippen molar-refractivity contribution in [3.05, 3.63) is 17.3 Å². The maximum atomic E-state index is 6.02. The van der Waals surface area contributed by atoms with E-state index in [1.807, 2.05) is 12.1 Å². The van der Waals surface area contributed by atoms with E-state index in [9.17, 15) is 0 Å². The van der Waals surface area contributed by atoms with E-state index in [0.717, 1.165) is 29.6 Å². The molecule has 0 atom stereocenters. The van der Waals surface area contributed by atoms with Gasteiger partial charge in [0.15, 0.2) is 0 Å². The van der Waals surface area contributed by atoms with Gasteiger partial charge in [0, 0.05) is 17.6 Å². The van der Waals surface area contributed by atoms with Crippen LogP contribution in [0, 0.1) is 5.41 Å². The molecule has 0 spiro atoms. The number of H-pyrrole nitrogens is 1. The predicted molar refractivity (Wildman–Crippen MR) is 78.1 cm³/mol. The van der Waals surface area contributed by atoms with Gasteiger partial charge >= 0.3 is 0 Å². The van der Waals surface area contributed by atoms with E-state index in [1.54, 1.807) is 0 Å². The fraction of sp³-hybridized carbons (Fsp3) is 0.462. The minimum Gasteiger partial charge on any atom is -0.399 e. The number of hydrogen-bond donors (Lipinski definition) is 3. The fourth-order valence-electron chi connectivity index (χ4n) is 1.82. The molecule has 0 fully saturated rings. The van der Waals surface area contributed by atoms with Gasteiger partial charge in [0.1, 0.15) is 10.7 Å². The monoisotopic (exact) mass is 266 g/mol. The molecule has 0 aliphatic rings. The zero-order valence-electron chi connectivity index (χ0n) is 11.0. The van der Waals surface area contributed by atoms with Crippen LogP contribution < -0.4 is 11.1 Å². The largest absolute Gasteiger partial charge is 0.399 e. The molecule has 1 aromatic heterocycles. The van der Waals surface area contributed by atoms with E-state index in [4.69, 9.17) is 17.3 Å². The standard InChI is InChI=1S/C13H19ClN4/c1-13(2,3)4-5-16-10-7-8(15)6-9-11(10)17-18-12(9)14/h6-7,16H,4-5,15H2,1-3H3,(H,17,18). The van der Waals surface area contributed by atoms with Crippen molar-refractivity contribution in [2.45, 2.75) is 27.2 Å². The van der Waals surface area contributed by atoms with Gasteiger partial charge in [-0.15, -0.1) is 0 Å². The van der Waals surface area contributed by atoms with E-state index >= 15 is 0 Å². The molecule has 0 aliphatic heterocycles. The van der Waals surface area contributed by atoms with Crippen LogP contribution in [0.4, 0.5) is 11.4 Å². The number of halogens is 1. The quantitative estimate of drug-likeness (QED) is 0.743. The van der Waals surface area contributed by atoms with Crippen molar-refractivity contribution in [3.8, 4) is 0 Å². The summed E-state index contributed by atoms with van der Waals surface area (Å²) in [6.07, 6.45) is 1.07. The van der Waals surface area contributed by atoms with Gasteiger partial charge in [0.25, 0.3) is 0 Å². The number of benzene rings is 1. The lowest BCUT2D eigenvalue weighted by Crippen LogP contribution is -2.13. The van der Waals surface area contributed by atoms with Gasteiger partial charge in [0.2, 0.25) is 0 Å². The smallest absolute Gasteiger partial charge is 0.132 e. The first-order valence-electron chi connectivity index (χ1n) is 6.04. The maximum Gasteiger partial charge on any atom is 0.132 e. The highest BCUT2D eigenvalue weighted by Gasteiger charge is 2.12. The summed E-state index contributed by atoms with van der Waals surface area (Å²) < 4.78 is 0. The molecule has 18 heavy (non-hydrogen) atoms. The first-order valence-corrected chi connectivity index (χ1v) is 6.41. The van der Waals surface area contributed by atoms with Crippen LogP contribution >= 0.6 is 11.6 Å². The molecule has 1 heterocycles. The van der Waals surface area contributed by atoms with Crippen molar-refractivity contribution in [2.75, 3.05) is 17.6 Å². The number of aromatic nitrogens is 2. The lowest BCUT2D eigenvalue weighted by molar-refractivity contribution is 0.390. The lowest BCUT2D eigenvalue weighted by Gasteiger charge is -2.18. The summed E-state index contributed by atoms with van der Waals surface area (Å²) in [5.41, 5.74) is 8.62. The fourth-order valence-corrected chi connectivity index (χ4v) is 2.00. The van der Waals surface area contributed by atoms with Crippen LogP contribution in [0.2, 0.25) is 5.15 Å². The average Bonchev–Trinajstić information content (AvgIpc) is 2.59. The van der Waals surface area contributed by atoms with E-state index in [2.05, 4.69) is 36.3 Å². The normalized spacial score (nSPS) is 12.0. The third kappa shape index (κ3) is 2.88. The van der Waals surface area contributed by atoms with Crippen LogP contribution in [0.25, 0.3) is 10.9 Å². The second-order valence-corrected chi connectivity index (χ2v) is 6.12. The molecule has 0 saturated carbocycles. The molecule has 0 radical (unpaired) electrons. The predicted octanol–water partition coefficient (Wildman–Crippen LogP) is 3.65. The molecule has 0 aliphatic carbocycles. The Labute approximate surface area is 112 Å². The number of nitrogen functional groups attached to an aromatic ring is 1. The molecule has 0 saturated heterocycles. The molecule has 1 aromatic carbocycles. The van der Waals surface area contributed by atoms with Gasteiger partial charge in [0.05, 0.1) is 5.69 Å². The average molecular weight is 267 g/mol. The molecular formula is C13H19ClN4. The Morgan fingerprint density at radius 3 is 2.78 bits per heavy atom. The van der Waals surface area contributed by atoms with Crippen LogP contribution in [-0.4, -0.2) is 16.7 Å². The minimum absolute atomic E-state index is 0.301. The summed E-state index contributed by atoms with van der Waals surface area (Å²) in [6, 6.07) is 3.72. The minimum atomic E-state index is 0.301. The Hall–Kier alpha value is -1.42. The Kier molecular flexibility index (Phi) is 3.39. The van der Waals surface area contributed by atoms with Gasteiger partial charge in [-0.05, 0) is 24.0 Å². The Morgan fingerprint density at radius 1 is 1.39 bits per heavy atom. The number of fused-ring (bicyclic) bond motifs is 1. The second kappa shape index (κ2) is 4.69. The van der Waals surface area contributed by atoms with Gasteiger partial charge in [-0.1, -0.05) is 32.4 Å². The molecule has 2 rings (SSSR count). The van der Waals surface area contributed by atoms with Crippen LogP contribution in [0.5, 0.6) is 0 Å². The third-order valence-corrected chi connectivity index (χ3v) is 3.11. The number of hydrogen-bond acceptors (Lipinski definition) is 3. The molecule has 4 nitrogen and oxygen atoms in total. The zero-order chi connectivity index (χ0) is 13.3. The summed E-state index contributed by atoms with van der Waals surface area (Å²) in [7, 11) is 0. The van der Waals surface area contributed by atoms with E-state index in [-0.39, 0.29) is 0 Å². The van der Waals surface area contributed by atoms with Crippen molar-refractivity contribution < 1.29 is 0 Å². The second-order valence-electron chi connectivity index (χ2n) is 5.74. The highest BCUT2D eigenvalue weighted by molar-refractivity contribution is 6.34. The molecular weight excluding hydrogens is 248 g/mol. The third-order valence-electron chi connectivity index (χ3n) is 2.83. The summed E-state index contributed by atoms with van der Waals surface area (Å²) in [5.74, 6) is 0. The Bertz CT molecular complexity index is 554. The lowest BCUT2D eigenvalue weighted by atomic mass is 9.92. The van der Waals surface area contributed by atoms with Crippen LogP contribution in [0.15, 0.2) is 12.1 Å². The summed E-state index contributed by atoms with van der Waals surface area (Å²) in [5, 5.41) is 11.7. The maximum absolute atomic E-state index is 6.02. The van der Waals surface area contributed by atoms with Gasteiger partial charge in [-0.2, -0.15) is 5.10 Å². The van der Waals surface area contributed by atoms with E-state index in [0.29, 0.717) is 16.3 Å². The molecule has 0 bridgehead atoms. The SMILES string of the molecule is CC(C)(C)CCNc1cc(N)cc2c(Cl)[nH]nc12. The van der Waals surface area contributed by atoms with Gasteiger partial charge < -0.3 is 11.1 Å². The Morgan fingerprint density at radius 2 is 2.11 bits per heavy atom. The first kappa shape index (κ1) is 13.0. The van der Waals surface area contributed by atoms with Crippen LogP contribution in [-0.2, 0) is 0 Å². The summed E-state index contributed by atoms with van der Waals surface area (Å²) >= 11 is 6.02. The molecule has 4 N–H and O–H groups in total. The summed E-state index contributed by atoms with van der Waals surface area (Å²) in [6.45, 7) is 7.53. The number of nitrogens with two attached hydrogens (primary N) is 1. The van der Waals surface area contributed by atoms with E-state index < -0.39 is 0 Å². The van der Waals surface area contributed by atoms with Crippen molar-refractivity contribution in [2.24, 2.45) is 5.41 Å². The highest BCUT2D eigenvalue weighted by Crippen LogP contribution is 2.30. The van der Waals surface area contributed by atoms with Crippen molar-refractivity contribution in [3.63, 3.8) is 0 Å². The number of nitrogens with zero attached hydrogens (tertiary/aromatic N) is 1. The molecule has 0 unspecified atom stereocenters. The van der Waals surface area contributed by atoms with E-state index in [1.165, 1.54) is 0 Å². The number of aromatic amines is 1.